The summed E-state index contributed by atoms with van der Waals surface area (Å²) in [6, 6.07) is 6.24. The molecule has 0 aliphatic rings. The van der Waals surface area contributed by atoms with Gasteiger partial charge in [-0.05, 0) is 12.1 Å². The Kier molecular flexibility index (Phi) is 4.49. The van der Waals surface area contributed by atoms with Gasteiger partial charge in [0, 0.05) is 0 Å². The van der Waals surface area contributed by atoms with E-state index < -0.39 is 5.97 Å². The first-order valence-electron chi connectivity index (χ1n) is 3.12. The number of ether oxygens (including phenoxy) is 1. The Balaban J connectivity index is 0. The first kappa shape index (κ1) is 11.1. The summed E-state index contributed by atoms with van der Waals surface area (Å²) < 4.78 is 4.42. The molecule has 3 nitrogen and oxygen atoms in total. The van der Waals surface area contributed by atoms with E-state index in [0.717, 1.165) is 0 Å². The van der Waals surface area contributed by atoms with Crippen molar-refractivity contribution >= 4 is 5.97 Å². The van der Waals surface area contributed by atoms with Crippen LogP contribution >= 0.6 is 0 Å². The van der Waals surface area contributed by atoms with Gasteiger partial charge in [0.25, 0.3) is 0 Å². The van der Waals surface area contributed by atoms with Gasteiger partial charge in [-0.15, -0.1) is 0 Å². The minimum absolute atomic E-state index is 0. The zero-order chi connectivity index (χ0) is 8.27. The van der Waals surface area contributed by atoms with Crippen LogP contribution in [0.25, 0.3) is 0 Å². The molecule has 0 fully saturated rings. The van der Waals surface area contributed by atoms with E-state index in [4.69, 9.17) is 5.11 Å². The molecule has 1 N–H and O–H groups in total. The normalized spacial score (nSPS) is 8.42. The molecular weight excluding hydrogens is 151 g/mol. The number of hydrogen-bond donors (Lipinski definition) is 1. The van der Waals surface area contributed by atoms with Gasteiger partial charge in [-0.1, -0.05) is 12.1 Å². The van der Waals surface area contributed by atoms with Crippen molar-refractivity contribution in [2.24, 2.45) is 0 Å². The smallest absolute Gasteiger partial charge is 1.00 e. The third kappa shape index (κ3) is 2.30. The summed E-state index contributed by atoms with van der Waals surface area (Å²) in [5.74, 6) is -0.581. The van der Waals surface area contributed by atoms with E-state index in [-0.39, 0.29) is 31.6 Å². The number of carbonyl (C=O) groups is 1. The predicted octanol–water partition coefficient (Wildman–Crippen LogP) is -1.70. The summed E-state index contributed by atoms with van der Waals surface area (Å²) in [7, 11) is 1.27. The van der Waals surface area contributed by atoms with E-state index in [1.807, 2.05) is 0 Å². The number of methoxy groups -OCH3 is 1. The van der Waals surface area contributed by atoms with Crippen molar-refractivity contribution in [1.82, 2.24) is 0 Å². The largest absolute Gasteiger partial charge is 1.00 e. The van der Waals surface area contributed by atoms with Gasteiger partial charge in [0.15, 0.2) is 0 Å². The number of para-hydroxylation sites is 1. The molecule has 0 atom stereocenters. The zero-order valence-corrected chi connectivity index (χ0v) is 7.07. The minimum Gasteiger partial charge on any atom is -1.00 e. The van der Waals surface area contributed by atoms with Crippen LogP contribution in [0.1, 0.15) is 11.8 Å². The number of carbonyl (C=O) groups excluding carboxylic acids is 1. The van der Waals surface area contributed by atoms with Crippen LogP contribution in [-0.2, 0) is 4.74 Å². The number of rotatable bonds is 1. The number of aromatic hydroxyl groups is 1. The molecule has 0 saturated carbocycles. The quantitative estimate of drug-likeness (QED) is 0.393. The Morgan fingerprint density at radius 2 is 2.08 bits per heavy atom. The summed E-state index contributed by atoms with van der Waals surface area (Å²) in [6.07, 6.45) is 0. The zero-order valence-electron chi connectivity index (χ0n) is 8.07. The Hall–Kier alpha value is -0.913. The third-order valence-corrected chi connectivity index (χ3v) is 1.31. The molecule has 0 radical (unpaired) electrons. The fourth-order valence-corrected chi connectivity index (χ4v) is 0.756. The van der Waals surface area contributed by atoms with E-state index in [0.29, 0.717) is 0 Å². The van der Waals surface area contributed by atoms with Crippen LogP contribution in [0.4, 0.5) is 0 Å². The van der Waals surface area contributed by atoms with Gasteiger partial charge >= 0.3 is 24.8 Å². The summed E-state index contributed by atoms with van der Waals surface area (Å²) in [5, 5.41) is 9.11. The summed E-state index contributed by atoms with van der Waals surface area (Å²) in [4.78, 5) is 10.9. The van der Waals surface area contributed by atoms with Crippen molar-refractivity contribution in [2.75, 3.05) is 7.11 Å². The van der Waals surface area contributed by atoms with Crippen LogP contribution in [0.3, 0.4) is 0 Å². The van der Waals surface area contributed by atoms with E-state index in [2.05, 4.69) is 4.74 Å². The molecule has 0 unspecified atom stereocenters. The standard InChI is InChI=1S/C8H8O3.Li.H/c1-11-8(10)6-4-2-3-5-7(6)9;;/h2-5,9H,1H3;;/q;+1;-1. The van der Waals surface area contributed by atoms with E-state index >= 15 is 0 Å². The molecule has 0 aromatic heterocycles. The van der Waals surface area contributed by atoms with Gasteiger partial charge in [-0.3, -0.25) is 0 Å². The summed E-state index contributed by atoms with van der Waals surface area (Å²) >= 11 is 0. The molecule has 0 spiro atoms. The van der Waals surface area contributed by atoms with Gasteiger partial charge in [-0.25, -0.2) is 4.79 Å². The Morgan fingerprint density at radius 3 is 2.58 bits per heavy atom. The van der Waals surface area contributed by atoms with Crippen LogP contribution < -0.4 is 18.9 Å². The average Bonchev–Trinajstić information content (AvgIpc) is 2.04. The summed E-state index contributed by atoms with van der Waals surface area (Å²) in [5.41, 5.74) is 0.190. The molecule has 1 rings (SSSR count). The maximum absolute atomic E-state index is 10.9. The van der Waals surface area contributed by atoms with E-state index in [1.165, 1.54) is 19.2 Å². The number of hydrogen-bond acceptors (Lipinski definition) is 3. The molecule has 0 amide bonds. The molecule has 60 valence electrons. The van der Waals surface area contributed by atoms with Crippen molar-refractivity contribution in [2.45, 2.75) is 0 Å². The van der Waals surface area contributed by atoms with Crippen molar-refractivity contribution in [3.63, 3.8) is 0 Å². The molecule has 12 heavy (non-hydrogen) atoms. The van der Waals surface area contributed by atoms with E-state index in [9.17, 15) is 4.79 Å². The molecule has 4 heteroatoms. The predicted molar refractivity (Wildman–Crippen MR) is 40.6 cm³/mol. The first-order valence-corrected chi connectivity index (χ1v) is 3.12. The number of benzene rings is 1. The Morgan fingerprint density at radius 1 is 1.50 bits per heavy atom. The molecule has 1 aromatic carbocycles. The summed E-state index contributed by atoms with van der Waals surface area (Å²) in [6.45, 7) is 0. The Bertz CT molecular complexity index is 278. The molecule has 0 aliphatic heterocycles. The number of esters is 1. The monoisotopic (exact) mass is 160 g/mol. The van der Waals surface area contributed by atoms with Gasteiger partial charge < -0.3 is 11.3 Å². The molecule has 0 saturated heterocycles. The maximum atomic E-state index is 10.9. The maximum Gasteiger partial charge on any atom is 1.00 e. The van der Waals surface area contributed by atoms with Crippen molar-refractivity contribution in [3.8, 4) is 5.75 Å². The van der Waals surface area contributed by atoms with Gasteiger partial charge in [0.2, 0.25) is 0 Å². The Labute approximate surface area is 84.0 Å². The second-order valence-corrected chi connectivity index (χ2v) is 2.01. The SMILES string of the molecule is COC(=O)c1ccccc1O.[H-].[Li+]. The van der Waals surface area contributed by atoms with Crippen molar-refractivity contribution in [3.05, 3.63) is 29.8 Å². The fourth-order valence-electron chi connectivity index (χ4n) is 0.756. The third-order valence-electron chi connectivity index (χ3n) is 1.31. The van der Waals surface area contributed by atoms with Crippen molar-refractivity contribution < 1.29 is 34.9 Å². The second-order valence-electron chi connectivity index (χ2n) is 2.01. The van der Waals surface area contributed by atoms with Crippen LogP contribution in [0.15, 0.2) is 24.3 Å². The second kappa shape index (κ2) is 4.86. The van der Waals surface area contributed by atoms with Crippen LogP contribution in [0, 0.1) is 0 Å². The molecule has 0 bridgehead atoms. The van der Waals surface area contributed by atoms with Gasteiger partial charge in [-0.2, -0.15) is 0 Å². The number of phenolic OH excluding ortho intramolecular Hbond substituents is 1. The molecule has 0 heterocycles. The first-order chi connectivity index (χ1) is 5.25. The number of phenols is 1. The average molecular weight is 160 g/mol. The molecular formula is C8H9LiO3. The van der Waals surface area contributed by atoms with Crippen LogP contribution in [-0.4, -0.2) is 18.2 Å². The van der Waals surface area contributed by atoms with E-state index in [1.54, 1.807) is 12.1 Å². The van der Waals surface area contributed by atoms with Crippen LogP contribution in [0.2, 0.25) is 0 Å². The van der Waals surface area contributed by atoms with Gasteiger partial charge in [0.05, 0.1) is 7.11 Å². The van der Waals surface area contributed by atoms with Gasteiger partial charge in [0.1, 0.15) is 11.3 Å². The van der Waals surface area contributed by atoms with Crippen molar-refractivity contribution in [1.29, 1.82) is 0 Å². The van der Waals surface area contributed by atoms with Crippen LogP contribution in [0.5, 0.6) is 5.75 Å². The molecule has 1 aromatic rings. The molecule has 0 aliphatic carbocycles. The fraction of sp³-hybridized carbons (Fsp3) is 0.125. The topological polar surface area (TPSA) is 46.5 Å². The minimum atomic E-state index is -0.525.